The molecule has 4 N–H and O–H groups in total. The molecule has 5 aromatic rings. The number of aromatic nitrogens is 1. The lowest BCUT2D eigenvalue weighted by molar-refractivity contribution is -0.124. The molecule has 13 heteroatoms. The molecular formula is C59H73N5O8. The van der Waals surface area contributed by atoms with E-state index in [0.29, 0.717) is 52.1 Å². The molecule has 8 rings (SSSR count). The number of amides is 4. The third-order valence-electron chi connectivity index (χ3n) is 12.9. The van der Waals surface area contributed by atoms with Gasteiger partial charge in [-0.25, -0.2) is 4.98 Å². The summed E-state index contributed by atoms with van der Waals surface area (Å²) in [5.41, 5.74) is 9.36. The van der Waals surface area contributed by atoms with E-state index >= 15 is 0 Å². The molecule has 3 heterocycles. The Balaban J connectivity index is 1.49. The molecular weight excluding hydrogens is 907 g/mol. The van der Waals surface area contributed by atoms with Gasteiger partial charge in [0.1, 0.15) is 46.5 Å². The van der Waals surface area contributed by atoms with Crippen LogP contribution < -0.4 is 40.2 Å². The number of benzene rings is 4. The summed E-state index contributed by atoms with van der Waals surface area (Å²) in [5, 5.41) is 12.0. The zero-order valence-electron chi connectivity index (χ0n) is 43.4. The van der Waals surface area contributed by atoms with Gasteiger partial charge in [0.15, 0.2) is 0 Å². The molecule has 2 atom stereocenters. The van der Waals surface area contributed by atoms with Crippen LogP contribution in [0.25, 0.3) is 0 Å². The van der Waals surface area contributed by atoms with E-state index in [1.165, 1.54) is 12.1 Å². The first-order chi connectivity index (χ1) is 34.8. The minimum Gasteiger partial charge on any atom is -0.493 e. The van der Waals surface area contributed by atoms with E-state index < -0.39 is 23.9 Å². The van der Waals surface area contributed by atoms with Crippen molar-refractivity contribution in [1.29, 1.82) is 0 Å². The molecule has 1 aliphatic carbocycles. The highest BCUT2D eigenvalue weighted by atomic mass is 16.5. The van der Waals surface area contributed by atoms with Crippen LogP contribution in [0.5, 0.6) is 23.0 Å². The highest BCUT2D eigenvalue weighted by Gasteiger charge is 2.29. The van der Waals surface area contributed by atoms with Crippen molar-refractivity contribution in [3.63, 3.8) is 0 Å². The van der Waals surface area contributed by atoms with E-state index in [0.717, 1.165) is 104 Å². The molecule has 382 valence electrons. The van der Waals surface area contributed by atoms with E-state index in [-0.39, 0.29) is 48.1 Å². The van der Waals surface area contributed by atoms with E-state index in [4.69, 9.17) is 18.9 Å². The zero-order valence-corrected chi connectivity index (χ0v) is 43.4. The lowest BCUT2D eigenvalue weighted by Gasteiger charge is -2.25. The second kappa shape index (κ2) is 25.0. The molecule has 4 aromatic carbocycles. The fourth-order valence-electron chi connectivity index (χ4n) is 9.38. The van der Waals surface area contributed by atoms with Gasteiger partial charge in [0.05, 0.1) is 26.4 Å². The molecule has 2 aliphatic heterocycles. The number of carbonyl (C=O) groups excluding carboxylic acids is 4. The normalized spacial score (nSPS) is 16.4. The SMILES string of the molecule is CCCOc1c2cccc1Cc1cc3cc(c1OCCC)Cc1cccc(c1OCCC)Cc1cc(cc(c1OCCC)C2)CNC(=O)[C@H](C(C)C)NC(=O)c1cccc(n1)C(=O)N[C@H](C(C)C)C(=O)NC3. The predicted octanol–water partition coefficient (Wildman–Crippen LogP) is 9.37. The van der Waals surface area contributed by atoms with Gasteiger partial charge in [0.25, 0.3) is 11.8 Å². The van der Waals surface area contributed by atoms with Gasteiger partial charge in [0.2, 0.25) is 11.8 Å². The fraction of sp³-hybridized carbons (Fsp3) is 0.441. The Hall–Kier alpha value is -6.89. The third-order valence-corrected chi connectivity index (χ3v) is 12.9. The largest absolute Gasteiger partial charge is 0.493 e. The summed E-state index contributed by atoms with van der Waals surface area (Å²) in [6.45, 7) is 18.2. The summed E-state index contributed by atoms with van der Waals surface area (Å²) in [5.74, 6) is 0.587. The van der Waals surface area contributed by atoms with Crippen molar-refractivity contribution in [2.24, 2.45) is 11.8 Å². The Morgan fingerprint density at radius 1 is 0.458 bits per heavy atom. The molecule has 12 bridgehead atoms. The molecule has 4 amide bonds. The van der Waals surface area contributed by atoms with Crippen molar-refractivity contribution >= 4 is 23.6 Å². The second-order valence-electron chi connectivity index (χ2n) is 19.6. The molecule has 0 spiro atoms. The molecule has 1 aromatic heterocycles. The van der Waals surface area contributed by atoms with Crippen LogP contribution in [0.1, 0.15) is 158 Å². The van der Waals surface area contributed by atoms with Gasteiger partial charge < -0.3 is 40.2 Å². The number of nitrogens with one attached hydrogen (secondary N) is 4. The maximum Gasteiger partial charge on any atom is 0.270 e. The predicted molar refractivity (Wildman–Crippen MR) is 280 cm³/mol. The molecule has 0 fully saturated rings. The van der Waals surface area contributed by atoms with Crippen LogP contribution in [0.3, 0.4) is 0 Å². The van der Waals surface area contributed by atoms with Crippen LogP contribution in [0, 0.1) is 11.8 Å². The van der Waals surface area contributed by atoms with Gasteiger partial charge in [0, 0.05) is 38.8 Å². The molecule has 0 saturated carbocycles. The summed E-state index contributed by atoms with van der Waals surface area (Å²) in [6, 6.07) is 23.7. The van der Waals surface area contributed by atoms with Gasteiger partial charge in [-0.2, -0.15) is 0 Å². The zero-order chi connectivity index (χ0) is 51.3. The summed E-state index contributed by atoms with van der Waals surface area (Å²) in [4.78, 5) is 60.6. The number of nitrogens with zero attached hydrogens (tertiary/aromatic N) is 1. The maximum absolute atomic E-state index is 14.2. The van der Waals surface area contributed by atoms with Crippen LogP contribution in [-0.4, -0.2) is 67.1 Å². The maximum atomic E-state index is 14.2. The first kappa shape index (κ1) is 52.9. The van der Waals surface area contributed by atoms with Crippen LogP contribution in [-0.2, 0) is 48.4 Å². The smallest absolute Gasteiger partial charge is 0.270 e. The quantitative estimate of drug-likeness (QED) is 0.0832. The van der Waals surface area contributed by atoms with Gasteiger partial charge in [-0.05, 0) is 130 Å². The third kappa shape index (κ3) is 13.0. The Labute approximate surface area is 425 Å². The number of pyridine rings is 1. The van der Waals surface area contributed by atoms with E-state index in [1.807, 2.05) is 27.7 Å². The first-order valence-corrected chi connectivity index (χ1v) is 26.0. The van der Waals surface area contributed by atoms with Crippen LogP contribution in [0.4, 0.5) is 0 Å². The minimum absolute atomic E-state index is 0.0397. The van der Waals surface area contributed by atoms with Crippen molar-refractivity contribution in [2.45, 2.75) is 132 Å². The monoisotopic (exact) mass is 980 g/mol. The van der Waals surface area contributed by atoms with Gasteiger partial charge >= 0.3 is 0 Å². The van der Waals surface area contributed by atoms with E-state index in [1.54, 1.807) is 6.07 Å². The molecule has 13 nitrogen and oxygen atoms in total. The number of rotatable bonds is 14. The van der Waals surface area contributed by atoms with Gasteiger partial charge in [-0.15, -0.1) is 0 Å². The standard InChI is InChI=1S/C59H73N5O8/c1-9-22-69-52-40-16-13-17-41(52)31-45-27-39-29-47(55(45)72-25-12-4)33-43-19-14-18-42(53(43)70-23-10-2)32-46-28-38(26-44(30-40)54(46)71-24-11-3)34-60-58(67)50(36(5)6)63-56(65)48-20-15-21-49(62-48)57(66)64-51(37(7)8)59(68)61-35-39/h13-21,26-29,36-37,50-51H,9-12,22-25,30-35H2,1-8H3,(H,60,67)(H,61,68)(H,63,65)(H,64,66)/t50-,51+. The average Bonchev–Trinajstić information content (AvgIpc) is 3.36. The molecule has 0 saturated heterocycles. The van der Waals surface area contributed by atoms with E-state index in [9.17, 15) is 19.2 Å². The number of hydrogen-bond donors (Lipinski definition) is 4. The number of fused-ring (bicyclic) bond motifs is 10. The van der Waals surface area contributed by atoms with Crippen molar-refractivity contribution in [3.05, 3.63) is 146 Å². The van der Waals surface area contributed by atoms with E-state index in [2.05, 4.69) is 115 Å². The summed E-state index contributed by atoms with van der Waals surface area (Å²) in [6.07, 6.45) is 5.11. The topological polar surface area (TPSA) is 166 Å². The summed E-state index contributed by atoms with van der Waals surface area (Å²) in [7, 11) is 0. The molecule has 3 aliphatic rings. The average molecular weight is 980 g/mol. The second-order valence-corrected chi connectivity index (χ2v) is 19.6. The lowest BCUT2D eigenvalue weighted by atomic mass is 9.89. The van der Waals surface area contributed by atoms with Gasteiger partial charge in [-0.1, -0.05) is 97.9 Å². The number of hydrogen-bond acceptors (Lipinski definition) is 9. The number of para-hydroxylation sites is 2. The van der Waals surface area contributed by atoms with Crippen LogP contribution in [0.2, 0.25) is 0 Å². The first-order valence-electron chi connectivity index (χ1n) is 26.0. The minimum atomic E-state index is -0.931. The lowest BCUT2D eigenvalue weighted by Crippen LogP contribution is -2.50. The van der Waals surface area contributed by atoms with Crippen LogP contribution >= 0.6 is 0 Å². The van der Waals surface area contributed by atoms with Crippen molar-refractivity contribution in [3.8, 4) is 23.0 Å². The molecule has 0 unspecified atom stereocenters. The van der Waals surface area contributed by atoms with Crippen molar-refractivity contribution in [2.75, 3.05) is 26.4 Å². The van der Waals surface area contributed by atoms with Gasteiger partial charge in [-0.3, -0.25) is 19.2 Å². The van der Waals surface area contributed by atoms with Crippen molar-refractivity contribution < 1.29 is 38.1 Å². The fourth-order valence-corrected chi connectivity index (χ4v) is 9.38. The number of ether oxygens (including phenoxy) is 4. The molecule has 72 heavy (non-hydrogen) atoms. The van der Waals surface area contributed by atoms with Crippen molar-refractivity contribution in [1.82, 2.24) is 26.3 Å². The highest BCUT2D eigenvalue weighted by Crippen LogP contribution is 2.40. The Kier molecular flexibility index (Phi) is 18.4. The Bertz CT molecular complexity index is 2460. The Morgan fingerprint density at radius 2 is 0.750 bits per heavy atom. The summed E-state index contributed by atoms with van der Waals surface area (Å²) < 4.78 is 27.1. The number of carbonyl (C=O) groups is 4. The summed E-state index contributed by atoms with van der Waals surface area (Å²) >= 11 is 0. The van der Waals surface area contributed by atoms with Crippen LogP contribution in [0.15, 0.2) is 78.9 Å². The molecule has 0 radical (unpaired) electrons. The Morgan fingerprint density at radius 3 is 1.04 bits per heavy atom. The highest BCUT2D eigenvalue weighted by molar-refractivity contribution is 5.99.